The van der Waals surface area contributed by atoms with Gasteiger partial charge in [-0.3, -0.25) is 4.79 Å². The maximum absolute atomic E-state index is 13.0. The van der Waals surface area contributed by atoms with Crippen molar-refractivity contribution in [2.45, 2.75) is 4.90 Å². The molecule has 9 nitrogen and oxygen atoms in total. The van der Waals surface area contributed by atoms with Crippen LogP contribution in [0.25, 0.3) is 11.1 Å². The Hall–Kier alpha value is -3.34. The van der Waals surface area contributed by atoms with Gasteiger partial charge in [-0.15, -0.1) is 0 Å². The van der Waals surface area contributed by atoms with Crippen LogP contribution in [0.5, 0.6) is 0 Å². The van der Waals surface area contributed by atoms with Gasteiger partial charge in [-0.25, -0.2) is 13.4 Å². The normalized spacial score (nSPS) is 14.7. The third-order valence-electron chi connectivity index (χ3n) is 5.91. The predicted octanol–water partition coefficient (Wildman–Crippen LogP) is 2.78. The second-order valence-electron chi connectivity index (χ2n) is 8.46. The molecular formula is C24H27ClN6O3S. The van der Waals surface area contributed by atoms with Crippen molar-refractivity contribution in [3.63, 3.8) is 0 Å². The Kier molecular flexibility index (Phi) is 6.88. The Balaban J connectivity index is 1.49. The summed E-state index contributed by atoms with van der Waals surface area (Å²) in [6.45, 7) is 1.46. The molecule has 3 aromatic rings. The summed E-state index contributed by atoms with van der Waals surface area (Å²) in [6, 6.07) is 13.5. The largest absolute Gasteiger partial charge is 0.398 e. The number of hydrogen-bond acceptors (Lipinski definition) is 7. The molecule has 35 heavy (non-hydrogen) atoms. The number of hydrogen-bond donors (Lipinski definition) is 2. The highest BCUT2D eigenvalue weighted by Crippen LogP contribution is 2.31. The van der Waals surface area contributed by atoms with Gasteiger partial charge >= 0.3 is 0 Å². The number of pyridine rings is 1. The summed E-state index contributed by atoms with van der Waals surface area (Å²) in [6.07, 6.45) is 1.69. The molecule has 4 N–H and O–H groups in total. The number of benzene rings is 2. The molecule has 4 rings (SSSR count). The summed E-state index contributed by atoms with van der Waals surface area (Å²) in [5.74, 6) is 0.418. The molecular weight excluding hydrogens is 488 g/mol. The molecule has 1 aromatic heterocycles. The summed E-state index contributed by atoms with van der Waals surface area (Å²) < 4.78 is 27.4. The average Bonchev–Trinajstić information content (AvgIpc) is 2.83. The van der Waals surface area contributed by atoms with Crippen LogP contribution in [0.4, 0.5) is 17.2 Å². The third kappa shape index (κ3) is 4.90. The second kappa shape index (κ2) is 9.73. The standard InChI is InChI=1S/C24H27ClN6O3S/c1-29(2)24(32)18-8-7-16(13-19(18)25)17-14-21(27)23(28-15-17)30-9-11-31(12-10-30)35(33,34)22-6-4-3-5-20(22)26/h3-8,13-15H,9-12,26-27H2,1-2H3. The first-order valence-electron chi connectivity index (χ1n) is 11.0. The summed E-state index contributed by atoms with van der Waals surface area (Å²) in [5.41, 5.74) is 14.9. The van der Waals surface area contributed by atoms with E-state index in [4.69, 9.17) is 23.1 Å². The summed E-state index contributed by atoms with van der Waals surface area (Å²) >= 11 is 6.35. The minimum atomic E-state index is -3.68. The summed E-state index contributed by atoms with van der Waals surface area (Å²) in [7, 11) is -0.342. The van der Waals surface area contributed by atoms with E-state index < -0.39 is 10.0 Å². The zero-order chi connectivity index (χ0) is 25.3. The number of aromatic nitrogens is 1. The quantitative estimate of drug-likeness (QED) is 0.501. The van der Waals surface area contributed by atoms with Gasteiger partial charge in [0.2, 0.25) is 10.0 Å². The number of anilines is 3. The van der Waals surface area contributed by atoms with Gasteiger partial charge in [-0.2, -0.15) is 4.31 Å². The molecule has 0 bridgehead atoms. The Labute approximate surface area is 209 Å². The molecule has 11 heteroatoms. The van der Waals surface area contributed by atoms with Crippen LogP contribution in [0, 0.1) is 0 Å². The van der Waals surface area contributed by atoms with E-state index in [0.29, 0.717) is 35.2 Å². The van der Waals surface area contributed by atoms with E-state index in [1.54, 1.807) is 62.8 Å². The number of nitrogen functional groups attached to an aromatic ring is 2. The lowest BCUT2D eigenvalue weighted by Crippen LogP contribution is -2.49. The number of halogens is 1. The van der Waals surface area contributed by atoms with Crippen LogP contribution in [0.1, 0.15) is 10.4 Å². The van der Waals surface area contributed by atoms with Crippen molar-refractivity contribution < 1.29 is 13.2 Å². The lowest BCUT2D eigenvalue weighted by Gasteiger charge is -2.35. The number of piperazine rings is 1. The average molecular weight is 515 g/mol. The molecule has 0 radical (unpaired) electrons. The highest BCUT2D eigenvalue weighted by atomic mass is 35.5. The molecule has 1 saturated heterocycles. The van der Waals surface area contributed by atoms with E-state index in [0.717, 1.165) is 11.1 Å². The van der Waals surface area contributed by atoms with Gasteiger partial charge in [0.1, 0.15) is 4.90 Å². The van der Waals surface area contributed by atoms with E-state index in [1.807, 2.05) is 4.90 Å². The maximum Gasteiger partial charge on any atom is 0.254 e. The SMILES string of the molecule is CN(C)C(=O)c1ccc(-c2cnc(N3CCN(S(=O)(=O)c4ccccc4N)CC3)c(N)c2)cc1Cl. The topological polar surface area (TPSA) is 126 Å². The molecule has 0 atom stereocenters. The first kappa shape index (κ1) is 24.8. The van der Waals surface area contributed by atoms with Crippen molar-refractivity contribution in [2.24, 2.45) is 0 Å². The Morgan fingerprint density at radius 3 is 2.26 bits per heavy atom. The van der Waals surface area contributed by atoms with Crippen molar-refractivity contribution in [3.8, 4) is 11.1 Å². The number of nitrogens with two attached hydrogens (primary N) is 2. The highest BCUT2D eigenvalue weighted by molar-refractivity contribution is 7.89. The first-order valence-corrected chi connectivity index (χ1v) is 12.8. The van der Waals surface area contributed by atoms with Crippen molar-refractivity contribution in [1.82, 2.24) is 14.2 Å². The van der Waals surface area contributed by atoms with Gasteiger partial charge in [0, 0.05) is 52.0 Å². The molecule has 1 aliphatic rings. The van der Waals surface area contributed by atoms with Gasteiger partial charge in [-0.05, 0) is 35.9 Å². The van der Waals surface area contributed by atoms with Crippen LogP contribution < -0.4 is 16.4 Å². The van der Waals surface area contributed by atoms with Gasteiger partial charge in [0.25, 0.3) is 5.91 Å². The molecule has 1 aliphatic heterocycles. The second-order valence-corrected chi connectivity index (χ2v) is 10.8. The van der Waals surface area contributed by atoms with Crippen LogP contribution in [0.15, 0.2) is 59.6 Å². The Bertz CT molecular complexity index is 1370. The zero-order valence-electron chi connectivity index (χ0n) is 19.5. The fourth-order valence-corrected chi connectivity index (χ4v) is 5.80. The summed E-state index contributed by atoms with van der Waals surface area (Å²) in [4.78, 5) is 20.3. The van der Waals surface area contributed by atoms with Crippen LogP contribution >= 0.6 is 11.6 Å². The fraction of sp³-hybridized carbons (Fsp3) is 0.250. The Morgan fingerprint density at radius 2 is 1.66 bits per heavy atom. The van der Waals surface area contributed by atoms with E-state index in [2.05, 4.69) is 4.98 Å². The van der Waals surface area contributed by atoms with Gasteiger partial charge < -0.3 is 21.3 Å². The highest BCUT2D eigenvalue weighted by Gasteiger charge is 2.30. The number of amides is 1. The summed E-state index contributed by atoms with van der Waals surface area (Å²) in [5, 5.41) is 0.347. The molecule has 1 amide bonds. The minimum Gasteiger partial charge on any atom is -0.398 e. The number of rotatable bonds is 5. The van der Waals surface area contributed by atoms with Crippen molar-refractivity contribution in [2.75, 3.05) is 56.6 Å². The van der Waals surface area contributed by atoms with Crippen LogP contribution in [0.2, 0.25) is 5.02 Å². The van der Waals surface area contributed by atoms with Crippen molar-refractivity contribution in [3.05, 3.63) is 65.3 Å². The smallest absolute Gasteiger partial charge is 0.254 e. The number of carbonyl (C=O) groups is 1. The number of carbonyl (C=O) groups excluding carboxylic acids is 1. The number of para-hydroxylation sites is 1. The molecule has 1 fully saturated rings. The zero-order valence-corrected chi connectivity index (χ0v) is 21.1. The van der Waals surface area contributed by atoms with Gasteiger partial charge in [0.05, 0.1) is 22.0 Å². The monoisotopic (exact) mass is 514 g/mol. The fourth-order valence-electron chi connectivity index (χ4n) is 4.00. The van der Waals surface area contributed by atoms with Crippen molar-refractivity contribution >= 4 is 44.7 Å². The van der Waals surface area contributed by atoms with Crippen molar-refractivity contribution in [1.29, 1.82) is 0 Å². The van der Waals surface area contributed by atoms with Crippen LogP contribution in [0.3, 0.4) is 0 Å². The van der Waals surface area contributed by atoms with E-state index in [-0.39, 0.29) is 29.6 Å². The number of nitrogens with zero attached hydrogens (tertiary/aromatic N) is 4. The Morgan fingerprint density at radius 1 is 0.971 bits per heavy atom. The van der Waals surface area contributed by atoms with E-state index in [1.165, 1.54) is 15.3 Å². The van der Waals surface area contributed by atoms with Gasteiger partial charge in [-0.1, -0.05) is 29.8 Å². The van der Waals surface area contributed by atoms with E-state index in [9.17, 15) is 13.2 Å². The van der Waals surface area contributed by atoms with Crippen LogP contribution in [-0.2, 0) is 10.0 Å². The van der Waals surface area contributed by atoms with Crippen LogP contribution in [-0.4, -0.2) is 68.8 Å². The molecule has 0 aliphatic carbocycles. The molecule has 0 saturated carbocycles. The third-order valence-corrected chi connectivity index (χ3v) is 8.19. The number of sulfonamides is 1. The maximum atomic E-state index is 13.0. The minimum absolute atomic E-state index is 0.118. The molecule has 0 unspecified atom stereocenters. The molecule has 184 valence electrons. The lowest BCUT2D eigenvalue weighted by atomic mass is 10.0. The van der Waals surface area contributed by atoms with E-state index >= 15 is 0 Å². The van der Waals surface area contributed by atoms with Gasteiger partial charge in [0.15, 0.2) is 5.82 Å². The molecule has 2 heterocycles. The predicted molar refractivity (Wildman–Crippen MR) is 139 cm³/mol. The lowest BCUT2D eigenvalue weighted by molar-refractivity contribution is 0.0828. The molecule has 2 aromatic carbocycles. The molecule has 0 spiro atoms. The first-order chi connectivity index (χ1) is 16.6.